The first-order valence-electron chi connectivity index (χ1n) is 14.6. The summed E-state index contributed by atoms with van der Waals surface area (Å²) in [4.78, 5) is 53.5. The van der Waals surface area contributed by atoms with Gasteiger partial charge in [-0.15, -0.1) is 0 Å². The second kappa shape index (κ2) is 12.7. The second-order valence-corrected chi connectivity index (χ2v) is 12.2. The highest BCUT2D eigenvalue weighted by Crippen LogP contribution is 2.48. The Morgan fingerprint density at radius 2 is 1.71 bits per heavy atom. The van der Waals surface area contributed by atoms with Crippen LogP contribution in [-0.2, 0) is 19.1 Å². The number of nitrogens with zero attached hydrogens (tertiary/aromatic N) is 2. The molecule has 0 aromatic heterocycles. The van der Waals surface area contributed by atoms with E-state index in [9.17, 15) is 24.5 Å². The number of para-hydroxylation sites is 1. The summed E-state index contributed by atoms with van der Waals surface area (Å²) in [5.41, 5.74) is 1.80. The highest BCUT2D eigenvalue weighted by Gasteiger charge is 2.49. The van der Waals surface area contributed by atoms with Crippen molar-refractivity contribution in [3.63, 3.8) is 0 Å². The quantitative estimate of drug-likeness (QED) is 0.117. The van der Waals surface area contributed by atoms with E-state index in [1.807, 2.05) is 18.2 Å². The summed E-state index contributed by atoms with van der Waals surface area (Å²) in [6, 6.07) is 19.4. The Morgan fingerprint density at radius 1 is 1.02 bits per heavy atom. The Kier molecular flexibility index (Phi) is 8.97. The molecular weight excluding hydrogens is 600 g/mol. The molecule has 3 aromatic rings. The number of ether oxygens (including phenoxy) is 3. The van der Waals surface area contributed by atoms with Gasteiger partial charge in [-0.2, -0.15) is 0 Å². The number of halogens is 1. The molecule has 5 rings (SSSR count). The lowest BCUT2D eigenvalue weighted by Crippen LogP contribution is -2.47. The fourth-order valence-corrected chi connectivity index (χ4v) is 6.05. The van der Waals surface area contributed by atoms with Crippen molar-refractivity contribution in [2.45, 2.75) is 64.2 Å². The predicted octanol–water partition coefficient (Wildman–Crippen LogP) is 7.07. The van der Waals surface area contributed by atoms with Crippen LogP contribution in [0.15, 0.2) is 72.8 Å². The topological polar surface area (TPSA) is 125 Å². The number of allylic oxidation sites excluding steroid dienone is 1. The van der Waals surface area contributed by atoms with Gasteiger partial charge in [0.15, 0.2) is 6.10 Å². The number of fused-ring (bicyclic) bond motifs is 2. The summed E-state index contributed by atoms with van der Waals surface area (Å²) >= 11 is 6.38. The highest BCUT2D eigenvalue weighted by atomic mass is 35.5. The molecule has 0 saturated carbocycles. The van der Waals surface area contributed by atoms with Crippen molar-refractivity contribution < 1.29 is 33.5 Å². The van der Waals surface area contributed by atoms with Crippen molar-refractivity contribution in [2.75, 3.05) is 11.5 Å². The zero-order valence-electron chi connectivity index (χ0n) is 25.3. The van der Waals surface area contributed by atoms with Crippen LogP contribution in [0.25, 0.3) is 11.1 Å². The third-order valence-electron chi connectivity index (χ3n) is 7.61. The number of amides is 2. The molecule has 11 heteroatoms. The van der Waals surface area contributed by atoms with Gasteiger partial charge in [0.25, 0.3) is 11.9 Å². The zero-order valence-corrected chi connectivity index (χ0v) is 26.1. The minimum absolute atomic E-state index is 0.0107. The molecule has 0 bridgehead atoms. The van der Waals surface area contributed by atoms with E-state index in [-0.39, 0.29) is 25.0 Å². The van der Waals surface area contributed by atoms with Crippen LogP contribution in [0, 0.1) is 10.1 Å². The SMILES string of the molecule is CCOC(=O)C[C@@H]1Oc2ccc(Cl)cc2[C@@H](C/C(=C2\C(=O)N(C(=O)OC(C)(C)C)c3ccccc32)c2ccccc2)[C@@H]1[N+](=O)[O-]. The van der Waals surface area contributed by atoms with Gasteiger partial charge in [0, 0.05) is 21.1 Å². The van der Waals surface area contributed by atoms with Crippen LogP contribution < -0.4 is 9.64 Å². The molecule has 0 unspecified atom stereocenters. The second-order valence-electron chi connectivity index (χ2n) is 11.8. The molecule has 0 radical (unpaired) electrons. The van der Waals surface area contributed by atoms with Crippen LogP contribution >= 0.6 is 11.6 Å². The summed E-state index contributed by atoms with van der Waals surface area (Å²) in [5, 5.41) is 13.1. The molecule has 0 spiro atoms. The van der Waals surface area contributed by atoms with E-state index in [1.54, 1.807) is 82.3 Å². The van der Waals surface area contributed by atoms with Gasteiger partial charge in [-0.1, -0.05) is 60.1 Å². The fraction of sp³-hybridized carbons (Fsp3) is 0.324. The average Bonchev–Trinajstić information content (AvgIpc) is 3.27. The molecule has 2 heterocycles. The number of esters is 1. The van der Waals surface area contributed by atoms with Gasteiger partial charge in [-0.3, -0.25) is 19.7 Å². The van der Waals surface area contributed by atoms with Gasteiger partial charge in [-0.25, -0.2) is 9.69 Å². The van der Waals surface area contributed by atoms with Gasteiger partial charge in [0.2, 0.25) is 0 Å². The number of benzene rings is 3. The van der Waals surface area contributed by atoms with Crippen molar-refractivity contribution >= 4 is 46.4 Å². The van der Waals surface area contributed by atoms with E-state index < -0.39 is 46.6 Å². The minimum atomic E-state index is -1.40. The number of hydrogen-bond donors (Lipinski definition) is 0. The summed E-state index contributed by atoms with van der Waals surface area (Å²) in [5.74, 6) is -1.76. The zero-order chi connectivity index (χ0) is 32.5. The maximum absolute atomic E-state index is 14.3. The van der Waals surface area contributed by atoms with Crippen molar-refractivity contribution in [1.29, 1.82) is 0 Å². The smallest absolute Gasteiger partial charge is 0.422 e. The van der Waals surface area contributed by atoms with E-state index >= 15 is 0 Å². The molecule has 3 atom stereocenters. The maximum Gasteiger partial charge on any atom is 0.422 e. The van der Waals surface area contributed by atoms with Crippen molar-refractivity contribution in [2.24, 2.45) is 0 Å². The van der Waals surface area contributed by atoms with Gasteiger partial charge >= 0.3 is 12.1 Å². The number of anilines is 1. The van der Waals surface area contributed by atoms with E-state index in [0.717, 1.165) is 4.90 Å². The molecule has 2 aliphatic heterocycles. The highest BCUT2D eigenvalue weighted by molar-refractivity contribution is 6.43. The van der Waals surface area contributed by atoms with Crippen LogP contribution in [-0.4, -0.2) is 47.2 Å². The van der Waals surface area contributed by atoms with E-state index in [0.29, 0.717) is 38.7 Å². The molecule has 0 N–H and O–H groups in total. The maximum atomic E-state index is 14.3. The number of hydrogen-bond acceptors (Lipinski definition) is 8. The standard InChI is InChI=1S/C34H33ClN2O8/c1-5-43-29(38)19-28-31(37(41)42)25(24-17-21(35)15-16-27(24)44-28)18-23(20-11-7-6-8-12-20)30-22-13-9-10-14-26(22)36(32(30)39)33(40)45-34(2,3)4/h6-17,25,28,31H,5,18-19H2,1-4H3/b30-23+/t25-,28+,31+/m1/s1. The largest absolute Gasteiger partial charge is 0.482 e. The van der Waals surface area contributed by atoms with Gasteiger partial charge in [-0.05, 0) is 69.5 Å². The predicted molar refractivity (Wildman–Crippen MR) is 169 cm³/mol. The van der Waals surface area contributed by atoms with Gasteiger partial charge in [0.05, 0.1) is 30.2 Å². The lowest BCUT2D eigenvalue weighted by atomic mass is 9.77. The number of carbonyl (C=O) groups excluding carboxylic acids is 3. The minimum Gasteiger partial charge on any atom is -0.482 e. The number of nitro groups is 1. The molecule has 2 amide bonds. The molecule has 10 nitrogen and oxygen atoms in total. The van der Waals surface area contributed by atoms with Crippen LogP contribution in [0.4, 0.5) is 10.5 Å². The molecule has 3 aromatic carbocycles. The summed E-state index contributed by atoms with van der Waals surface area (Å²) in [7, 11) is 0. The molecule has 0 saturated heterocycles. The van der Waals surface area contributed by atoms with E-state index in [2.05, 4.69) is 0 Å². The van der Waals surface area contributed by atoms with Crippen molar-refractivity contribution in [3.8, 4) is 5.75 Å². The Hall–Kier alpha value is -4.70. The lowest BCUT2D eigenvalue weighted by Gasteiger charge is -2.35. The average molecular weight is 633 g/mol. The molecule has 2 aliphatic rings. The first-order valence-corrected chi connectivity index (χ1v) is 15.0. The number of imide groups is 1. The van der Waals surface area contributed by atoms with E-state index in [4.69, 9.17) is 25.8 Å². The summed E-state index contributed by atoms with van der Waals surface area (Å²) < 4.78 is 16.7. The third kappa shape index (κ3) is 6.56. The van der Waals surface area contributed by atoms with Gasteiger partial charge in [0.1, 0.15) is 11.4 Å². The monoisotopic (exact) mass is 632 g/mol. The normalized spacial score (nSPS) is 20.1. The van der Waals surface area contributed by atoms with Gasteiger partial charge < -0.3 is 14.2 Å². The Balaban J connectivity index is 1.71. The molecule has 0 aliphatic carbocycles. The summed E-state index contributed by atoms with van der Waals surface area (Å²) in [6.45, 7) is 6.90. The molecule has 0 fully saturated rings. The fourth-order valence-electron chi connectivity index (χ4n) is 5.87. The third-order valence-corrected chi connectivity index (χ3v) is 7.85. The number of rotatable bonds is 7. The van der Waals surface area contributed by atoms with Crippen LogP contribution in [0.1, 0.15) is 63.1 Å². The van der Waals surface area contributed by atoms with Crippen LogP contribution in [0.5, 0.6) is 5.75 Å². The molecular formula is C34H33ClN2O8. The van der Waals surface area contributed by atoms with Crippen LogP contribution in [0.2, 0.25) is 5.02 Å². The first kappa shape index (κ1) is 31.7. The molecule has 45 heavy (non-hydrogen) atoms. The van der Waals surface area contributed by atoms with Crippen molar-refractivity contribution in [1.82, 2.24) is 0 Å². The van der Waals surface area contributed by atoms with Crippen LogP contribution in [0.3, 0.4) is 0 Å². The summed E-state index contributed by atoms with van der Waals surface area (Å²) in [6.07, 6.45) is -2.33. The Bertz CT molecular complexity index is 1680. The van der Waals surface area contributed by atoms with E-state index in [1.165, 1.54) is 0 Å². The Labute approximate surface area is 265 Å². The Morgan fingerprint density at radius 3 is 2.38 bits per heavy atom. The number of carbonyl (C=O) groups is 3. The molecule has 234 valence electrons. The van der Waals surface area contributed by atoms with Crippen molar-refractivity contribution in [3.05, 3.63) is 105 Å². The lowest BCUT2D eigenvalue weighted by molar-refractivity contribution is -0.538. The first-order chi connectivity index (χ1) is 21.4.